The summed E-state index contributed by atoms with van der Waals surface area (Å²) in [6, 6.07) is 5.69. The molecule has 0 saturated carbocycles. The molecule has 1 aliphatic heterocycles. The SMILES string of the molecule is CCOc1ccc(NC(=O)C2CCCCN2)c(C)c1.Cl. The van der Waals surface area contributed by atoms with Gasteiger partial charge in [0.05, 0.1) is 12.6 Å². The first-order valence-electron chi connectivity index (χ1n) is 6.98. The van der Waals surface area contributed by atoms with Crippen molar-refractivity contribution < 1.29 is 9.53 Å². The Morgan fingerprint density at radius 2 is 2.25 bits per heavy atom. The highest BCUT2D eigenvalue weighted by Gasteiger charge is 2.20. The van der Waals surface area contributed by atoms with Crippen LogP contribution in [0.3, 0.4) is 0 Å². The van der Waals surface area contributed by atoms with Crippen LogP contribution in [0.4, 0.5) is 5.69 Å². The van der Waals surface area contributed by atoms with Gasteiger partial charge in [-0.2, -0.15) is 0 Å². The summed E-state index contributed by atoms with van der Waals surface area (Å²) >= 11 is 0. The second-order valence-electron chi connectivity index (χ2n) is 4.90. The number of nitrogens with one attached hydrogen (secondary N) is 2. The van der Waals surface area contributed by atoms with Gasteiger partial charge in [-0.25, -0.2) is 0 Å². The minimum absolute atomic E-state index is 0. The maximum atomic E-state index is 12.1. The van der Waals surface area contributed by atoms with Crippen molar-refractivity contribution in [2.24, 2.45) is 0 Å². The number of piperidine rings is 1. The molecule has 5 heteroatoms. The van der Waals surface area contributed by atoms with Crippen molar-refractivity contribution in [1.82, 2.24) is 5.32 Å². The third-order valence-electron chi connectivity index (χ3n) is 3.39. The van der Waals surface area contributed by atoms with E-state index in [-0.39, 0.29) is 24.4 Å². The van der Waals surface area contributed by atoms with E-state index >= 15 is 0 Å². The minimum atomic E-state index is -0.0558. The van der Waals surface area contributed by atoms with E-state index in [1.807, 2.05) is 32.0 Å². The molecule has 0 aromatic heterocycles. The normalized spacial score (nSPS) is 18.0. The van der Waals surface area contributed by atoms with Crippen LogP contribution in [0.25, 0.3) is 0 Å². The Morgan fingerprint density at radius 3 is 2.85 bits per heavy atom. The lowest BCUT2D eigenvalue weighted by Gasteiger charge is -2.23. The summed E-state index contributed by atoms with van der Waals surface area (Å²) in [5.41, 5.74) is 1.89. The van der Waals surface area contributed by atoms with E-state index in [0.717, 1.165) is 42.8 Å². The van der Waals surface area contributed by atoms with Gasteiger partial charge in [0, 0.05) is 5.69 Å². The van der Waals surface area contributed by atoms with Crippen molar-refractivity contribution in [3.63, 3.8) is 0 Å². The fourth-order valence-electron chi connectivity index (χ4n) is 2.33. The van der Waals surface area contributed by atoms with E-state index in [9.17, 15) is 4.79 Å². The topological polar surface area (TPSA) is 50.4 Å². The highest BCUT2D eigenvalue weighted by Crippen LogP contribution is 2.22. The number of hydrogen-bond acceptors (Lipinski definition) is 3. The van der Waals surface area contributed by atoms with Crippen molar-refractivity contribution in [2.75, 3.05) is 18.5 Å². The first-order valence-corrected chi connectivity index (χ1v) is 6.98. The summed E-state index contributed by atoms with van der Waals surface area (Å²) in [5.74, 6) is 0.903. The van der Waals surface area contributed by atoms with Gasteiger partial charge in [-0.05, 0) is 57.0 Å². The van der Waals surface area contributed by atoms with Gasteiger partial charge in [-0.15, -0.1) is 12.4 Å². The molecule has 1 aliphatic rings. The summed E-state index contributed by atoms with van der Waals surface area (Å²) in [5, 5.41) is 6.25. The number of benzene rings is 1. The van der Waals surface area contributed by atoms with Crippen molar-refractivity contribution in [2.45, 2.75) is 39.2 Å². The zero-order valence-corrected chi connectivity index (χ0v) is 12.9. The van der Waals surface area contributed by atoms with Gasteiger partial charge >= 0.3 is 0 Å². The molecule has 1 aromatic rings. The van der Waals surface area contributed by atoms with E-state index in [1.54, 1.807) is 0 Å². The maximum absolute atomic E-state index is 12.1. The molecule has 112 valence electrons. The molecule has 1 heterocycles. The molecular formula is C15H23ClN2O2. The number of rotatable bonds is 4. The average Bonchev–Trinajstić information content (AvgIpc) is 2.43. The molecule has 0 radical (unpaired) electrons. The summed E-state index contributed by atoms with van der Waals surface area (Å²) in [7, 11) is 0. The van der Waals surface area contributed by atoms with Gasteiger partial charge in [0.25, 0.3) is 0 Å². The van der Waals surface area contributed by atoms with Crippen LogP contribution in [0.15, 0.2) is 18.2 Å². The molecule has 4 nitrogen and oxygen atoms in total. The Labute approximate surface area is 126 Å². The molecule has 1 atom stereocenters. The molecule has 2 N–H and O–H groups in total. The molecule has 1 aromatic carbocycles. The number of hydrogen-bond donors (Lipinski definition) is 2. The number of carbonyl (C=O) groups excluding carboxylic acids is 1. The van der Waals surface area contributed by atoms with Crippen molar-refractivity contribution >= 4 is 24.0 Å². The first-order chi connectivity index (χ1) is 9.20. The lowest BCUT2D eigenvalue weighted by Crippen LogP contribution is -2.43. The van der Waals surface area contributed by atoms with Crippen LogP contribution >= 0.6 is 12.4 Å². The van der Waals surface area contributed by atoms with Crippen LogP contribution in [-0.4, -0.2) is 25.1 Å². The highest BCUT2D eigenvalue weighted by atomic mass is 35.5. The molecular weight excluding hydrogens is 276 g/mol. The Balaban J connectivity index is 0.00000200. The van der Waals surface area contributed by atoms with Gasteiger partial charge in [0.1, 0.15) is 5.75 Å². The second kappa shape index (κ2) is 8.12. The van der Waals surface area contributed by atoms with Gasteiger partial charge < -0.3 is 15.4 Å². The lowest BCUT2D eigenvalue weighted by molar-refractivity contribution is -0.118. The second-order valence-corrected chi connectivity index (χ2v) is 4.90. The fourth-order valence-corrected chi connectivity index (χ4v) is 2.33. The molecule has 0 spiro atoms. The van der Waals surface area contributed by atoms with Crippen molar-refractivity contribution in [1.29, 1.82) is 0 Å². The van der Waals surface area contributed by atoms with Crippen LogP contribution < -0.4 is 15.4 Å². The maximum Gasteiger partial charge on any atom is 0.241 e. The Kier molecular flexibility index (Phi) is 6.82. The fraction of sp³-hybridized carbons (Fsp3) is 0.533. The van der Waals surface area contributed by atoms with Crippen LogP contribution in [0.5, 0.6) is 5.75 Å². The van der Waals surface area contributed by atoms with E-state index in [2.05, 4.69) is 10.6 Å². The Morgan fingerprint density at radius 1 is 1.45 bits per heavy atom. The predicted octanol–water partition coefficient (Wildman–Crippen LogP) is 2.90. The number of carbonyl (C=O) groups is 1. The van der Waals surface area contributed by atoms with E-state index in [0.29, 0.717) is 6.61 Å². The van der Waals surface area contributed by atoms with Crippen LogP contribution in [0, 0.1) is 6.92 Å². The third kappa shape index (κ3) is 4.39. The van der Waals surface area contributed by atoms with Crippen LogP contribution in [0.2, 0.25) is 0 Å². The van der Waals surface area contributed by atoms with Crippen molar-refractivity contribution in [3.05, 3.63) is 23.8 Å². The lowest BCUT2D eigenvalue weighted by atomic mass is 10.0. The van der Waals surface area contributed by atoms with E-state index in [1.165, 1.54) is 0 Å². The summed E-state index contributed by atoms with van der Waals surface area (Å²) in [6.07, 6.45) is 3.20. The Bertz CT molecular complexity index is 445. The number of aryl methyl sites for hydroxylation is 1. The van der Waals surface area contributed by atoms with Gasteiger partial charge in [-0.3, -0.25) is 4.79 Å². The van der Waals surface area contributed by atoms with E-state index < -0.39 is 0 Å². The summed E-state index contributed by atoms with van der Waals surface area (Å²) in [6.45, 7) is 5.52. The molecule has 1 unspecified atom stereocenters. The minimum Gasteiger partial charge on any atom is -0.494 e. The molecule has 1 saturated heterocycles. The quantitative estimate of drug-likeness (QED) is 0.898. The molecule has 1 amide bonds. The summed E-state index contributed by atoms with van der Waals surface area (Å²) < 4.78 is 5.44. The molecule has 1 fully saturated rings. The standard InChI is InChI=1S/C15H22N2O2.ClH/c1-3-19-12-7-8-13(11(2)10-12)17-15(18)14-6-4-5-9-16-14;/h7-8,10,14,16H,3-6,9H2,1-2H3,(H,17,18);1H. The monoisotopic (exact) mass is 298 g/mol. The van der Waals surface area contributed by atoms with Gasteiger partial charge in [0.2, 0.25) is 5.91 Å². The largest absolute Gasteiger partial charge is 0.494 e. The zero-order chi connectivity index (χ0) is 13.7. The number of ether oxygens (including phenoxy) is 1. The predicted molar refractivity (Wildman–Crippen MR) is 83.9 cm³/mol. The van der Waals surface area contributed by atoms with Gasteiger partial charge in [-0.1, -0.05) is 6.42 Å². The first kappa shape index (κ1) is 16.8. The van der Waals surface area contributed by atoms with Crippen molar-refractivity contribution in [3.8, 4) is 5.75 Å². The molecule has 0 bridgehead atoms. The zero-order valence-electron chi connectivity index (χ0n) is 12.1. The number of amides is 1. The average molecular weight is 299 g/mol. The molecule has 20 heavy (non-hydrogen) atoms. The Hall–Kier alpha value is -1.26. The number of halogens is 1. The van der Waals surface area contributed by atoms with E-state index in [4.69, 9.17) is 4.74 Å². The number of anilines is 1. The van der Waals surface area contributed by atoms with Crippen LogP contribution in [0.1, 0.15) is 31.7 Å². The smallest absolute Gasteiger partial charge is 0.241 e. The third-order valence-corrected chi connectivity index (χ3v) is 3.39. The molecule has 0 aliphatic carbocycles. The summed E-state index contributed by atoms with van der Waals surface area (Å²) in [4.78, 5) is 12.1. The molecule has 2 rings (SSSR count). The highest BCUT2D eigenvalue weighted by molar-refractivity contribution is 5.95. The van der Waals surface area contributed by atoms with Crippen LogP contribution in [-0.2, 0) is 4.79 Å². The van der Waals surface area contributed by atoms with Gasteiger partial charge in [0.15, 0.2) is 0 Å².